The van der Waals surface area contributed by atoms with Gasteiger partial charge in [0.25, 0.3) is 0 Å². The summed E-state index contributed by atoms with van der Waals surface area (Å²) in [5.41, 5.74) is 1.65. The highest BCUT2D eigenvalue weighted by atomic mass is 32.1. The fourth-order valence-electron chi connectivity index (χ4n) is 2.34. The third kappa shape index (κ3) is 2.96. The van der Waals surface area contributed by atoms with Crippen molar-refractivity contribution >= 4 is 11.3 Å². The topological polar surface area (TPSA) is 12.0 Å². The van der Waals surface area contributed by atoms with Gasteiger partial charge in [-0.1, -0.05) is 11.6 Å². The maximum absolute atomic E-state index is 3.45. The van der Waals surface area contributed by atoms with Crippen LogP contribution in [0.2, 0.25) is 0 Å². The smallest absolute Gasteiger partial charge is 0.0450 e. The number of hydrogen-bond acceptors (Lipinski definition) is 2. The van der Waals surface area contributed by atoms with E-state index in [1.54, 1.807) is 5.57 Å². The van der Waals surface area contributed by atoms with E-state index in [9.17, 15) is 0 Å². The summed E-state index contributed by atoms with van der Waals surface area (Å²) >= 11 is 1.92. The van der Waals surface area contributed by atoms with Crippen LogP contribution in [0.5, 0.6) is 0 Å². The van der Waals surface area contributed by atoms with Crippen molar-refractivity contribution in [3.8, 4) is 0 Å². The lowest BCUT2D eigenvalue weighted by atomic mass is 9.94. The van der Waals surface area contributed by atoms with Gasteiger partial charge in [-0.15, -0.1) is 11.3 Å². The number of rotatable bonds is 4. The van der Waals surface area contributed by atoms with Crippen LogP contribution in [0.25, 0.3) is 0 Å². The number of hydrogen-bond donors (Lipinski definition) is 1. The number of nitrogens with one attached hydrogen (secondary N) is 1. The maximum Gasteiger partial charge on any atom is 0.0450 e. The highest BCUT2D eigenvalue weighted by molar-refractivity contribution is 7.12. The molecule has 1 aliphatic carbocycles. The van der Waals surface area contributed by atoms with Crippen molar-refractivity contribution in [1.82, 2.24) is 5.32 Å². The van der Waals surface area contributed by atoms with Gasteiger partial charge >= 0.3 is 0 Å². The predicted octanol–water partition coefficient (Wildman–Crippen LogP) is 4.21. The van der Waals surface area contributed by atoms with Crippen molar-refractivity contribution in [1.29, 1.82) is 0 Å². The molecule has 0 radical (unpaired) electrons. The lowest BCUT2D eigenvalue weighted by Crippen LogP contribution is -2.16. The zero-order valence-corrected chi connectivity index (χ0v) is 11.1. The van der Waals surface area contributed by atoms with Gasteiger partial charge in [-0.05, 0) is 58.2 Å². The largest absolute Gasteiger partial charge is 0.312 e. The van der Waals surface area contributed by atoms with Crippen molar-refractivity contribution in [2.45, 2.75) is 45.1 Å². The Balaban J connectivity index is 2.02. The van der Waals surface area contributed by atoms with Crippen LogP contribution in [0.4, 0.5) is 0 Å². The normalized spacial score (nSPS) is 18.2. The molecule has 0 fully saturated rings. The van der Waals surface area contributed by atoms with Crippen molar-refractivity contribution in [3.05, 3.63) is 33.5 Å². The average Bonchev–Trinajstić information content (AvgIpc) is 2.74. The molecule has 0 spiro atoms. The van der Waals surface area contributed by atoms with Gasteiger partial charge in [0.15, 0.2) is 0 Å². The van der Waals surface area contributed by atoms with Gasteiger partial charge in [0, 0.05) is 15.8 Å². The summed E-state index contributed by atoms with van der Waals surface area (Å²) in [4.78, 5) is 2.89. The molecule has 1 aromatic heterocycles. The minimum Gasteiger partial charge on any atom is -0.312 e. The Kier molecular flexibility index (Phi) is 4.19. The van der Waals surface area contributed by atoms with Crippen molar-refractivity contribution in [2.75, 3.05) is 7.05 Å². The number of thiophene rings is 1. The van der Waals surface area contributed by atoms with E-state index in [0.29, 0.717) is 6.04 Å². The molecule has 1 aromatic rings. The molecule has 0 amide bonds. The van der Waals surface area contributed by atoms with E-state index in [-0.39, 0.29) is 0 Å². The summed E-state index contributed by atoms with van der Waals surface area (Å²) in [5.74, 6) is 0. The van der Waals surface area contributed by atoms with Crippen LogP contribution >= 0.6 is 11.3 Å². The van der Waals surface area contributed by atoms with E-state index in [1.807, 2.05) is 11.3 Å². The molecule has 2 heteroatoms. The highest BCUT2D eigenvalue weighted by Gasteiger charge is 2.14. The quantitative estimate of drug-likeness (QED) is 0.771. The Morgan fingerprint density at radius 3 is 2.81 bits per heavy atom. The lowest BCUT2D eigenvalue weighted by Gasteiger charge is -2.19. The summed E-state index contributed by atoms with van der Waals surface area (Å²) < 4.78 is 0. The predicted molar refractivity (Wildman–Crippen MR) is 72.0 cm³/mol. The van der Waals surface area contributed by atoms with Gasteiger partial charge in [-0.3, -0.25) is 0 Å². The highest BCUT2D eigenvalue weighted by Crippen LogP contribution is 2.30. The van der Waals surface area contributed by atoms with Gasteiger partial charge in [0.2, 0.25) is 0 Å². The summed E-state index contributed by atoms with van der Waals surface area (Å²) in [5, 5.41) is 3.45. The molecule has 0 bridgehead atoms. The van der Waals surface area contributed by atoms with Crippen molar-refractivity contribution in [3.63, 3.8) is 0 Å². The van der Waals surface area contributed by atoms with Crippen LogP contribution in [0.15, 0.2) is 23.8 Å². The number of allylic oxidation sites excluding steroid dienone is 1. The molecule has 0 aromatic carbocycles. The third-order valence-electron chi connectivity index (χ3n) is 3.30. The Morgan fingerprint density at radius 2 is 2.25 bits per heavy atom. The lowest BCUT2D eigenvalue weighted by molar-refractivity contribution is 0.566. The first-order chi connectivity index (χ1) is 7.79. The van der Waals surface area contributed by atoms with Crippen molar-refractivity contribution in [2.24, 2.45) is 0 Å². The van der Waals surface area contributed by atoms with E-state index in [0.717, 1.165) is 0 Å². The van der Waals surface area contributed by atoms with Crippen molar-refractivity contribution < 1.29 is 0 Å². The molecule has 1 heterocycles. The first kappa shape index (κ1) is 11.9. The van der Waals surface area contributed by atoms with Crippen LogP contribution < -0.4 is 5.32 Å². The second-order valence-corrected chi connectivity index (χ2v) is 5.92. The molecule has 1 nitrogen and oxygen atoms in total. The van der Waals surface area contributed by atoms with Crippen LogP contribution in [0.1, 0.15) is 47.9 Å². The fourth-order valence-corrected chi connectivity index (χ4v) is 3.33. The summed E-state index contributed by atoms with van der Waals surface area (Å²) in [6.07, 6.45) is 9.00. The minimum absolute atomic E-state index is 0.517. The standard InChI is InChI=1S/C14H21NS/c1-11-8-9-14(16-11)13(15-2)10-12-6-4-3-5-7-12/h6,8-9,13,15H,3-5,7,10H2,1-2H3. The molecule has 88 valence electrons. The van der Waals surface area contributed by atoms with Crippen LogP contribution in [0.3, 0.4) is 0 Å². The van der Waals surface area contributed by atoms with E-state index in [1.165, 1.54) is 41.9 Å². The zero-order valence-electron chi connectivity index (χ0n) is 10.3. The van der Waals surface area contributed by atoms with Crippen LogP contribution in [-0.2, 0) is 0 Å². The SMILES string of the molecule is CNC(CC1=CCCCC1)c1ccc(C)s1. The zero-order chi connectivity index (χ0) is 11.4. The van der Waals surface area contributed by atoms with Gasteiger partial charge in [-0.2, -0.15) is 0 Å². The Bertz CT molecular complexity index is 365. The molecular formula is C14H21NS. The molecule has 0 saturated carbocycles. The van der Waals surface area contributed by atoms with E-state index >= 15 is 0 Å². The summed E-state index contributed by atoms with van der Waals surface area (Å²) in [6.45, 7) is 2.18. The number of aryl methyl sites for hydroxylation is 1. The maximum atomic E-state index is 3.45. The fraction of sp³-hybridized carbons (Fsp3) is 0.571. The van der Waals surface area contributed by atoms with E-state index in [2.05, 4.69) is 37.5 Å². The second-order valence-electron chi connectivity index (χ2n) is 4.60. The third-order valence-corrected chi connectivity index (χ3v) is 4.42. The molecule has 1 N–H and O–H groups in total. The van der Waals surface area contributed by atoms with E-state index in [4.69, 9.17) is 0 Å². The Hall–Kier alpha value is -0.600. The molecule has 2 rings (SSSR count). The molecule has 1 aliphatic rings. The average molecular weight is 235 g/mol. The second kappa shape index (κ2) is 5.65. The first-order valence-electron chi connectivity index (χ1n) is 6.21. The molecule has 1 unspecified atom stereocenters. The summed E-state index contributed by atoms with van der Waals surface area (Å²) in [7, 11) is 2.07. The van der Waals surface area contributed by atoms with Crippen LogP contribution in [-0.4, -0.2) is 7.05 Å². The Morgan fingerprint density at radius 1 is 1.38 bits per heavy atom. The molecular weight excluding hydrogens is 214 g/mol. The van der Waals surface area contributed by atoms with E-state index < -0.39 is 0 Å². The first-order valence-corrected chi connectivity index (χ1v) is 7.03. The van der Waals surface area contributed by atoms with Gasteiger partial charge in [0.1, 0.15) is 0 Å². The summed E-state index contributed by atoms with van der Waals surface area (Å²) in [6, 6.07) is 5.01. The van der Waals surface area contributed by atoms with Gasteiger partial charge in [-0.25, -0.2) is 0 Å². The monoisotopic (exact) mass is 235 g/mol. The Labute approximate surface area is 103 Å². The minimum atomic E-state index is 0.517. The molecule has 16 heavy (non-hydrogen) atoms. The van der Waals surface area contributed by atoms with Gasteiger partial charge < -0.3 is 5.32 Å². The molecule has 0 saturated heterocycles. The van der Waals surface area contributed by atoms with Crippen LogP contribution in [0, 0.1) is 6.92 Å². The molecule has 0 aliphatic heterocycles. The van der Waals surface area contributed by atoms with Gasteiger partial charge in [0.05, 0.1) is 0 Å². The molecule has 1 atom stereocenters.